The highest BCUT2D eigenvalue weighted by molar-refractivity contribution is 5.79. The van der Waals surface area contributed by atoms with Crippen molar-refractivity contribution in [2.45, 2.75) is 12.5 Å². The fraction of sp³-hybridized carbons (Fsp3) is 0.250. The number of nitrogens with two attached hydrogens (primary N) is 2. The Balaban J connectivity index is 2.38. The summed E-state index contributed by atoms with van der Waals surface area (Å²) in [4.78, 5) is 4.26. The van der Waals surface area contributed by atoms with Gasteiger partial charge in [0.15, 0.2) is 0 Å². The van der Waals surface area contributed by atoms with E-state index in [0.717, 1.165) is 22.9 Å². The lowest BCUT2D eigenvalue weighted by Crippen LogP contribution is -2.15. The predicted molar refractivity (Wildman–Crippen MR) is 62.3 cm³/mol. The summed E-state index contributed by atoms with van der Waals surface area (Å²) in [7, 11) is 0. The fourth-order valence-corrected chi connectivity index (χ4v) is 1.67. The molecule has 1 aromatic carbocycles. The highest BCUT2D eigenvalue weighted by atomic mass is 14.7. The summed E-state index contributed by atoms with van der Waals surface area (Å²) in [6.07, 6.45) is 2.60. The largest absolute Gasteiger partial charge is 0.330 e. The molecule has 0 aliphatic heterocycles. The molecule has 0 aliphatic carbocycles. The Morgan fingerprint density at radius 3 is 2.93 bits per heavy atom. The van der Waals surface area contributed by atoms with Crippen LogP contribution in [0.1, 0.15) is 18.0 Å². The average molecular weight is 201 g/mol. The van der Waals surface area contributed by atoms with E-state index >= 15 is 0 Å². The zero-order valence-electron chi connectivity index (χ0n) is 8.56. The maximum absolute atomic E-state index is 6.00. The fourth-order valence-electron chi connectivity index (χ4n) is 1.67. The monoisotopic (exact) mass is 201 g/mol. The minimum atomic E-state index is 0.0274. The van der Waals surface area contributed by atoms with E-state index in [9.17, 15) is 0 Å². The molecule has 0 aliphatic rings. The van der Waals surface area contributed by atoms with E-state index in [4.69, 9.17) is 11.5 Å². The molecule has 0 radical (unpaired) electrons. The van der Waals surface area contributed by atoms with Crippen LogP contribution in [0.25, 0.3) is 10.9 Å². The van der Waals surface area contributed by atoms with Crippen molar-refractivity contribution in [1.29, 1.82) is 0 Å². The van der Waals surface area contributed by atoms with Gasteiger partial charge >= 0.3 is 0 Å². The van der Waals surface area contributed by atoms with Crippen molar-refractivity contribution < 1.29 is 0 Å². The Hall–Kier alpha value is -1.45. The van der Waals surface area contributed by atoms with Crippen molar-refractivity contribution in [3.05, 3.63) is 42.1 Å². The first-order valence-electron chi connectivity index (χ1n) is 5.11. The zero-order chi connectivity index (χ0) is 10.7. The molecule has 15 heavy (non-hydrogen) atoms. The van der Waals surface area contributed by atoms with Gasteiger partial charge in [-0.05, 0) is 36.7 Å². The van der Waals surface area contributed by atoms with Crippen molar-refractivity contribution in [2.24, 2.45) is 11.5 Å². The number of nitrogens with zero attached hydrogens (tertiary/aromatic N) is 1. The van der Waals surface area contributed by atoms with Crippen LogP contribution < -0.4 is 11.5 Å². The predicted octanol–water partition coefficient (Wildman–Crippen LogP) is 1.58. The molecule has 0 bridgehead atoms. The van der Waals surface area contributed by atoms with E-state index < -0.39 is 0 Å². The smallest absolute Gasteiger partial charge is 0.0702 e. The van der Waals surface area contributed by atoms with Crippen LogP contribution in [-0.2, 0) is 0 Å². The van der Waals surface area contributed by atoms with E-state index in [2.05, 4.69) is 11.1 Å². The Kier molecular flexibility index (Phi) is 2.94. The van der Waals surface area contributed by atoms with Gasteiger partial charge < -0.3 is 11.5 Å². The molecule has 0 fully saturated rings. The summed E-state index contributed by atoms with van der Waals surface area (Å²) in [6, 6.07) is 10.1. The van der Waals surface area contributed by atoms with Gasteiger partial charge in [-0.2, -0.15) is 0 Å². The van der Waals surface area contributed by atoms with Crippen LogP contribution in [0.2, 0.25) is 0 Å². The maximum Gasteiger partial charge on any atom is 0.0702 e. The summed E-state index contributed by atoms with van der Waals surface area (Å²) in [5.41, 5.74) is 13.6. The third kappa shape index (κ3) is 2.14. The number of rotatable bonds is 3. The van der Waals surface area contributed by atoms with Gasteiger partial charge in [-0.15, -0.1) is 0 Å². The second-order valence-corrected chi connectivity index (χ2v) is 3.64. The summed E-state index contributed by atoms with van der Waals surface area (Å²) < 4.78 is 0. The lowest BCUT2D eigenvalue weighted by atomic mass is 10.0. The maximum atomic E-state index is 6.00. The van der Waals surface area contributed by atoms with Crippen LogP contribution in [0.5, 0.6) is 0 Å². The molecule has 2 aromatic rings. The highest BCUT2D eigenvalue weighted by Crippen LogP contribution is 2.19. The Labute approximate surface area is 89.1 Å². The first-order chi connectivity index (χ1) is 7.31. The van der Waals surface area contributed by atoms with E-state index in [0.29, 0.717) is 6.54 Å². The molecule has 1 atom stereocenters. The van der Waals surface area contributed by atoms with E-state index in [1.54, 1.807) is 6.20 Å². The van der Waals surface area contributed by atoms with Gasteiger partial charge in [0.2, 0.25) is 0 Å². The van der Waals surface area contributed by atoms with Crippen LogP contribution in [0.15, 0.2) is 36.5 Å². The molecule has 4 N–H and O–H groups in total. The van der Waals surface area contributed by atoms with Gasteiger partial charge in [0.05, 0.1) is 5.52 Å². The van der Waals surface area contributed by atoms with E-state index in [1.165, 1.54) is 0 Å². The minimum absolute atomic E-state index is 0.0274. The first kappa shape index (κ1) is 10.1. The molecule has 1 heterocycles. The average Bonchev–Trinajstić information content (AvgIpc) is 2.29. The quantitative estimate of drug-likeness (QED) is 0.792. The third-order valence-electron chi connectivity index (χ3n) is 2.53. The van der Waals surface area contributed by atoms with E-state index in [-0.39, 0.29) is 6.04 Å². The molecule has 1 aromatic heterocycles. The first-order valence-corrected chi connectivity index (χ1v) is 5.11. The van der Waals surface area contributed by atoms with Gasteiger partial charge in [-0.25, -0.2) is 0 Å². The number of aromatic nitrogens is 1. The van der Waals surface area contributed by atoms with Gasteiger partial charge in [-0.3, -0.25) is 4.98 Å². The van der Waals surface area contributed by atoms with Gasteiger partial charge in [0.1, 0.15) is 0 Å². The zero-order valence-corrected chi connectivity index (χ0v) is 8.56. The van der Waals surface area contributed by atoms with Gasteiger partial charge in [0, 0.05) is 17.6 Å². The molecule has 78 valence electrons. The molecular formula is C12H15N3. The second-order valence-electron chi connectivity index (χ2n) is 3.64. The highest BCUT2D eigenvalue weighted by Gasteiger charge is 2.05. The number of hydrogen-bond donors (Lipinski definition) is 2. The molecule has 2 rings (SSSR count). The van der Waals surface area contributed by atoms with Crippen LogP contribution in [-0.4, -0.2) is 11.5 Å². The van der Waals surface area contributed by atoms with Crippen molar-refractivity contribution >= 4 is 10.9 Å². The Morgan fingerprint density at radius 1 is 1.27 bits per heavy atom. The lowest BCUT2D eigenvalue weighted by Gasteiger charge is -2.11. The van der Waals surface area contributed by atoms with Crippen LogP contribution >= 0.6 is 0 Å². The van der Waals surface area contributed by atoms with E-state index in [1.807, 2.05) is 24.3 Å². The van der Waals surface area contributed by atoms with Crippen molar-refractivity contribution in [2.75, 3.05) is 6.54 Å². The molecule has 0 saturated carbocycles. The number of hydrogen-bond acceptors (Lipinski definition) is 3. The summed E-state index contributed by atoms with van der Waals surface area (Å²) in [5.74, 6) is 0. The topological polar surface area (TPSA) is 64.9 Å². The summed E-state index contributed by atoms with van der Waals surface area (Å²) >= 11 is 0. The lowest BCUT2D eigenvalue weighted by molar-refractivity contribution is 0.662. The normalized spacial score (nSPS) is 12.9. The van der Waals surface area contributed by atoms with Gasteiger partial charge in [-0.1, -0.05) is 12.1 Å². The Bertz CT molecular complexity index is 453. The molecule has 0 spiro atoms. The number of benzene rings is 1. The SMILES string of the molecule is NCCC(N)c1ccc2ncccc2c1. The second kappa shape index (κ2) is 4.38. The molecule has 3 nitrogen and oxygen atoms in total. The van der Waals surface area contributed by atoms with Gasteiger partial charge in [0.25, 0.3) is 0 Å². The Morgan fingerprint density at radius 2 is 2.13 bits per heavy atom. The van der Waals surface area contributed by atoms with Crippen LogP contribution in [0.4, 0.5) is 0 Å². The standard InChI is InChI=1S/C12H15N3/c13-6-5-11(14)9-3-4-12-10(8-9)2-1-7-15-12/h1-4,7-8,11H,5-6,13-14H2. The molecule has 3 heteroatoms. The molecule has 1 unspecified atom stereocenters. The number of fused-ring (bicyclic) bond motifs is 1. The van der Waals surface area contributed by atoms with Crippen molar-refractivity contribution in [1.82, 2.24) is 4.98 Å². The third-order valence-corrected chi connectivity index (χ3v) is 2.53. The van der Waals surface area contributed by atoms with Crippen molar-refractivity contribution in [3.63, 3.8) is 0 Å². The van der Waals surface area contributed by atoms with Crippen LogP contribution in [0, 0.1) is 0 Å². The minimum Gasteiger partial charge on any atom is -0.330 e. The van der Waals surface area contributed by atoms with Crippen molar-refractivity contribution in [3.8, 4) is 0 Å². The summed E-state index contributed by atoms with van der Waals surface area (Å²) in [6.45, 7) is 0.617. The molecule has 0 saturated heterocycles. The molecular weight excluding hydrogens is 186 g/mol. The molecule has 0 amide bonds. The van der Waals surface area contributed by atoms with Crippen LogP contribution in [0.3, 0.4) is 0 Å². The summed E-state index contributed by atoms with van der Waals surface area (Å²) in [5, 5.41) is 1.13. The number of pyridine rings is 1.